The summed E-state index contributed by atoms with van der Waals surface area (Å²) in [4.78, 5) is 0. The molecule has 0 aromatic heterocycles. The van der Waals surface area contributed by atoms with Crippen molar-refractivity contribution in [3.05, 3.63) is 23.8 Å². The molecule has 1 aliphatic carbocycles. The Morgan fingerprint density at radius 1 is 1.19 bits per heavy atom. The number of hydrogen-bond donors (Lipinski definition) is 2. The van der Waals surface area contributed by atoms with Gasteiger partial charge in [0.1, 0.15) is 5.75 Å². The molecule has 1 fully saturated rings. The Balaban J connectivity index is 1.96. The van der Waals surface area contributed by atoms with Crippen molar-refractivity contribution in [2.75, 3.05) is 5.32 Å². The topological polar surface area (TPSA) is 32.3 Å². The number of hydrogen-bond acceptors (Lipinski definition) is 2. The molecule has 0 saturated heterocycles. The lowest BCUT2D eigenvalue weighted by Gasteiger charge is -2.27. The maximum Gasteiger partial charge on any atom is 0.118 e. The van der Waals surface area contributed by atoms with E-state index in [0.717, 1.165) is 17.2 Å². The smallest absolute Gasteiger partial charge is 0.118 e. The quantitative estimate of drug-likeness (QED) is 0.743. The molecule has 0 spiro atoms. The van der Waals surface area contributed by atoms with Crippen LogP contribution >= 0.6 is 0 Å². The number of rotatable bonds is 2. The highest BCUT2D eigenvalue weighted by Crippen LogP contribution is 2.27. The molecule has 0 heterocycles. The normalized spacial score (nSPS) is 25.4. The van der Waals surface area contributed by atoms with Gasteiger partial charge in [0, 0.05) is 11.7 Å². The molecule has 0 bridgehead atoms. The number of nitrogens with one attached hydrogen (secondary N) is 1. The van der Waals surface area contributed by atoms with Crippen LogP contribution in [-0.2, 0) is 0 Å². The molecule has 2 rings (SSSR count). The third-order valence-electron chi connectivity index (χ3n) is 3.58. The summed E-state index contributed by atoms with van der Waals surface area (Å²) in [6.07, 6.45) is 5.19. The van der Waals surface area contributed by atoms with Gasteiger partial charge in [-0.05, 0) is 62.3 Å². The fourth-order valence-electron chi connectivity index (χ4n) is 2.39. The number of phenols is 1. The van der Waals surface area contributed by atoms with Gasteiger partial charge in [-0.25, -0.2) is 0 Å². The summed E-state index contributed by atoms with van der Waals surface area (Å²) in [5.74, 6) is 1.27. The molecule has 0 radical (unpaired) electrons. The monoisotopic (exact) mass is 219 g/mol. The molecule has 1 aromatic rings. The zero-order valence-corrected chi connectivity index (χ0v) is 10.2. The largest absolute Gasteiger partial charge is 0.508 e. The van der Waals surface area contributed by atoms with Crippen molar-refractivity contribution in [1.82, 2.24) is 0 Å². The third-order valence-corrected chi connectivity index (χ3v) is 3.58. The summed E-state index contributed by atoms with van der Waals surface area (Å²) >= 11 is 0. The first-order valence-electron chi connectivity index (χ1n) is 6.21. The average molecular weight is 219 g/mol. The van der Waals surface area contributed by atoms with Crippen LogP contribution in [0.15, 0.2) is 18.2 Å². The number of aryl methyl sites for hydroxylation is 1. The molecular weight excluding hydrogens is 198 g/mol. The molecule has 1 saturated carbocycles. The highest BCUT2D eigenvalue weighted by Gasteiger charge is 2.17. The van der Waals surface area contributed by atoms with Crippen molar-refractivity contribution in [3.8, 4) is 5.75 Å². The first-order valence-corrected chi connectivity index (χ1v) is 6.21. The first-order chi connectivity index (χ1) is 7.65. The standard InChI is InChI=1S/C14H21NO/c1-10-3-5-12(6-4-10)15-13-7-8-14(16)11(2)9-13/h7-10,12,15-16H,3-6H2,1-2H3. The Bertz CT molecular complexity index is 354. The van der Waals surface area contributed by atoms with Crippen molar-refractivity contribution in [2.24, 2.45) is 5.92 Å². The third kappa shape index (κ3) is 2.69. The summed E-state index contributed by atoms with van der Waals surface area (Å²) in [6.45, 7) is 4.27. The van der Waals surface area contributed by atoms with Gasteiger partial charge in [0.15, 0.2) is 0 Å². The maximum atomic E-state index is 9.46. The van der Waals surface area contributed by atoms with Crippen LogP contribution in [0.3, 0.4) is 0 Å². The van der Waals surface area contributed by atoms with Gasteiger partial charge < -0.3 is 10.4 Å². The lowest BCUT2D eigenvalue weighted by Crippen LogP contribution is -2.25. The van der Waals surface area contributed by atoms with Crippen LogP contribution in [0, 0.1) is 12.8 Å². The lowest BCUT2D eigenvalue weighted by molar-refractivity contribution is 0.361. The Morgan fingerprint density at radius 3 is 2.50 bits per heavy atom. The molecule has 1 aromatic carbocycles. The van der Waals surface area contributed by atoms with E-state index in [-0.39, 0.29) is 0 Å². The summed E-state index contributed by atoms with van der Waals surface area (Å²) in [5.41, 5.74) is 2.07. The average Bonchev–Trinajstić information content (AvgIpc) is 2.27. The minimum absolute atomic E-state index is 0.378. The van der Waals surface area contributed by atoms with Crippen LogP contribution in [-0.4, -0.2) is 11.1 Å². The van der Waals surface area contributed by atoms with E-state index in [1.807, 2.05) is 19.1 Å². The molecule has 0 amide bonds. The van der Waals surface area contributed by atoms with Crippen LogP contribution in [0.25, 0.3) is 0 Å². The highest BCUT2D eigenvalue weighted by molar-refractivity contribution is 5.50. The number of anilines is 1. The van der Waals surface area contributed by atoms with Crippen LogP contribution in [0.2, 0.25) is 0 Å². The Morgan fingerprint density at radius 2 is 1.88 bits per heavy atom. The molecule has 88 valence electrons. The molecule has 2 N–H and O–H groups in total. The van der Waals surface area contributed by atoms with Gasteiger partial charge in [-0.15, -0.1) is 0 Å². The molecule has 2 heteroatoms. The molecule has 16 heavy (non-hydrogen) atoms. The summed E-state index contributed by atoms with van der Waals surface area (Å²) in [6, 6.07) is 6.36. The number of aromatic hydroxyl groups is 1. The maximum absolute atomic E-state index is 9.46. The van der Waals surface area contributed by atoms with Crippen LogP contribution in [0.5, 0.6) is 5.75 Å². The van der Waals surface area contributed by atoms with Crippen molar-refractivity contribution in [1.29, 1.82) is 0 Å². The number of phenolic OH excluding ortho intramolecular Hbond substituents is 1. The van der Waals surface area contributed by atoms with E-state index in [4.69, 9.17) is 0 Å². The Labute approximate surface area is 97.7 Å². The fraction of sp³-hybridized carbons (Fsp3) is 0.571. The number of benzene rings is 1. The highest BCUT2D eigenvalue weighted by atomic mass is 16.3. The summed E-state index contributed by atoms with van der Waals surface area (Å²) in [7, 11) is 0. The predicted molar refractivity (Wildman–Crippen MR) is 67.9 cm³/mol. The van der Waals surface area contributed by atoms with Gasteiger partial charge in [-0.2, -0.15) is 0 Å². The van der Waals surface area contributed by atoms with E-state index in [9.17, 15) is 5.11 Å². The molecule has 1 aliphatic rings. The van der Waals surface area contributed by atoms with Crippen molar-refractivity contribution in [3.63, 3.8) is 0 Å². The lowest BCUT2D eigenvalue weighted by atomic mass is 9.87. The molecule has 0 atom stereocenters. The minimum Gasteiger partial charge on any atom is -0.508 e. The van der Waals surface area contributed by atoms with Gasteiger partial charge in [-0.3, -0.25) is 0 Å². The zero-order chi connectivity index (χ0) is 11.5. The van der Waals surface area contributed by atoms with E-state index in [1.54, 1.807) is 6.07 Å². The molecule has 0 aliphatic heterocycles. The predicted octanol–water partition coefficient (Wildman–Crippen LogP) is 3.69. The molecule has 0 unspecified atom stereocenters. The Hall–Kier alpha value is -1.18. The van der Waals surface area contributed by atoms with Gasteiger partial charge in [0.2, 0.25) is 0 Å². The summed E-state index contributed by atoms with van der Waals surface area (Å²) in [5, 5.41) is 13.0. The van der Waals surface area contributed by atoms with Crippen LogP contribution in [0.1, 0.15) is 38.2 Å². The first kappa shape index (κ1) is 11.3. The van der Waals surface area contributed by atoms with Crippen LogP contribution in [0.4, 0.5) is 5.69 Å². The van der Waals surface area contributed by atoms with E-state index >= 15 is 0 Å². The van der Waals surface area contributed by atoms with E-state index in [0.29, 0.717) is 11.8 Å². The van der Waals surface area contributed by atoms with Gasteiger partial charge in [-0.1, -0.05) is 6.92 Å². The van der Waals surface area contributed by atoms with E-state index in [1.165, 1.54) is 25.7 Å². The van der Waals surface area contributed by atoms with Gasteiger partial charge >= 0.3 is 0 Å². The fourth-order valence-corrected chi connectivity index (χ4v) is 2.39. The molecular formula is C14H21NO. The zero-order valence-electron chi connectivity index (χ0n) is 10.2. The second-order valence-electron chi connectivity index (χ2n) is 5.10. The van der Waals surface area contributed by atoms with Gasteiger partial charge in [0.05, 0.1) is 0 Å². The minimum atomic E-state index is 0.378. The Kier molecular flexibility index (Phi) is 3.37. The van der Waals surface area contributed by atoms with Crippen molar-refractivity contribution < 1.29 is 5.11 Å². The molecule has 2 nitrogen and oxygen atoms in total. The van der Waals surface area contributed by atoms with Crippen molar-refractivity contribution in [2.45, 2.75) is 45.6 Å². The van der Waals surface area contributed by atoms with Crippen molar-refractivity contribution >= 4 is 5.69 Å². The van der Waals surface area contributed by atoms with Gasteiger partial charge in [0.25, 0.3) is 0 Å². The van der Waals surface area contributed by atoms with E-state index < -0.39 is 0 Å². The second kappa shape index (κ2) is 4.77. The SMILES string of the molecule is Cc1cc(NC2CCC(C)CC2)ccc1O. The van der Waals surface area contributed by atoms with Crippen LogP contribution < -0.4 is 5.32 Å². The second-order valence-corrected chi connectivity index (χ2v) is 5.10. The summed E-state index contributed by atoms with van der Waals surface area (Å²) < 4.78 is 0. The van der Waals surface area contributed by atoms with E-state index in [2.05, 4.69) is 12.2 Å².